The van der Waals surface area contributed by atoms with Crippen LogP contribution in [0.5, 0.6) is 0 Å². The fourth-order valence-electron chi connectivity index (χ4n) is 3.40. The molecule has 1 aromatic heterocycles. The highest BCUT2D eigenvalue weighted by atomic mass is 16.2. The normalized spacial score (nSPS) is 23.8. The van der Waals surface area contributed by atoms with Gasteiger partial charge in [-0.2, -0.15) is 0 Å². The Morgan fingerprint density at radius 3 is 3.15 bits per heavy atom. The van der Waals surface area contributed by atoms with Gasteiger partial charge in [-0.25, -0.2) is 0 Å². The number of rotatable bonds is 4. The van der Waals surface area contributed by atoms with Crippen molar-refractivity contribution in [1.29, 1.82) is 0 Å². The Hall–Kier alpha value is -1.42. The van der Waals surface area contributed by atoms with E-state index in [0.717, 1.165) is 38.8 Å². The molecule has 0 spiro atoms. The maximum Gasteiger partial charge on any atom is 0.222 e. The van der Waals surface area contributed by atoms with Crippen molar-refractivity contribution >= 4 is 5.91 Å². The van der Waals surface area contributed by atoms with E-state index in [-0.39, 0.29) is 0 Å². The van der Waals surface area contributed by atoms with Crippen LogP contribution >= 0.6 is 0 Å². The van der Waals surface area contributed by atoms with Crippen LogP contribution in [0.25, 0.3) is 0 Å². The van der Waals surface area contributed by atoms with Crippen LogP contribution in [0.15, 0.2) is 18.3 Å². The highest BCUT2D eigenvalue weighted by Gasteiger charge is 2.25. The quantitative estimate of drug-likeness (QED) is 0.913. The smallest absolute Gasteiger partial charge is 0.222 e. The molecule has 4 heteroatoms. The molecule has 2 aliphatic rings. The average Bonchev–Trinajstić information content (AvgIpc) is 2.85. The molecule has 2 heterocycles. The van der Waals surface area contributed by atoms with E-state index in [9.17, 15) is 4.79 Å². The fourth-order valence-corrected chi connectivity index (χ4v) is 3.40. The summed E-state index contributed by atoms with van der Waals surface area (Å²) in [6.07, 6.45) is 7.11. The van der Waals surface area contributed by atoms with Crippen LogP contribution in [-0.4, -0.2) is 34.9 Å². The molecule has 4 nitrogen and oxygen atoms in total. The minimum absolute atomic E-state index is 0.306. The standard InChI is InChI=1S/C16H23N3O/c1-12(11-19-10-4-8-15(19)20)18-14-7-2-5-13-6-3-9-17-16(13)14/h3,6,9,12,14,18H,2,4-5,7-8,10-11H2,1H3. The van der Waals surface area contributed by atoms with Gasteiger partial charge in [0, 0.05) is 31.7 Å². The van der Waals surface area contributed by atoms with Crippen LogP contribution in [0.4, 0.5) is 0 Å². The lowest BCUT2D eigenvalue weighted by Crippen LogP contribution is -2.42. The molecular formula is C16H23N3O. The molecule has 20 heavy (non-hydrogen) atoms. The number of aryl methyl sites for hydroxylation is 1. The molecular weight excluding hydrogens is 250 g/mol. The number of likely N-dealkylation sites (tertiary alicyclic amines) is 1. The second kappa shape index (κ2) is 5.92. The van der Waals surface area contributed by atoms with Gasteiger partial charge in [0.25, 0.3) is 0 Å². The number of nitrogens with zero attached hydrogens (tertiary/aromatic N) is 2. The summed E-state index contributed by atoms with van der Waals surface area (Å²) in [7, 11) is 0. The Balaban J connectivity index is 1.62. The Morgan fingerprint density at radius 2 is 2.35 bits per heavy atom. The van der Waals surface area contributed by atoms with Gasteiger partial charge in [0.05, 0.1) is 11.7 Å². The number of aromatic nitrogens is 1. The lowest BCUT2D eigenvalue weighted by molar-refractivity contribution is -0.128. The lowest BCUT2D eigenvalue weighted by Gasteiger charge is -2.30. The molecule has 1 aromatic rings. The zero-order valence-corrected chi connectivity index (χ0v) is 12.1. The van der Waals surface area contributed by atoms with Crippen molar-refractivity contribution in [3.8, 4) is 0 Å². The van der Waals surface area contributed by atoms with Crippen LogP contribution < -0.4 is 5.32 Å². The molecule has 0 bridgehead atoms. The SMILES string of the molecule is CC(CN1CCCC1=O)NC1CCCc2cccnc21. The van der Waals surface area contributed by atoms with Crippen molar-refractivity contribution < 1.29 is 4.79 Å². The number of hydrogen-bond acceptors (Lipinski definition) is 3. The van der Waals surface area contributed by atoms with E-state index in [4.69, 9.17) is 0 Å². The van der Waals surface area contributed by atoms with Crippen LogP contribution in [0.1, 0.15) is 49.9 Å². The van der Waals surface area contributed by atoms with Gasteiger partial charge in [-0.1, -0.05) is 6.07 Å². The molecule has 2 atom stereocenters. The van der Waals surface area contributed by atoms with E-state index < -0.39 is 0 Å². The maximum absolute atomic E-state index is 11.7. The first-order valence-electron chi connectivity index (χ1n) is 7.71. The highest BCUT2D eigenvalue weighted by Crippen LogP contribution is 2.28. The molecule has 1 fully saturated rings. The monoisotopic (exact) mass is 273 g/mol. The summed E-state index contributed by atoms with van der Waals surface area (Å²) in [5.41, 5.74) is 2.58. The minimum atomic E-state index is 0.306. The predicted molar refractivity (Wildman–Crippen MR) is 78.3 cm³/mol. The first-order valence-corrected chi connectivity index (χ1v) is 7.71. The molecule has 0 saturated carbocycles. The summed E-state index contributed by atoms with van der Waals surface area (Å²) in [4.78, 5) is 18.2. The lowest BCUT2D eigenvalue weighted by atomic mass is 9.91. The second-order valence-electron chi connectivity index (χ2n) is 6.00. The molecule has 3 rings (SSSR count). The molecule has 1 aliphatic heterocycles. The summed E-state index contributed by atoms with van der Waals surface area (Å²) >= 11 is 0. The summed E-state index contributed by atoms with van der Waals surface area (Å²) in [6, 6.07) is 4.86. The maximum atomic E-state index is 11.7. The summed E-state index contributed by atoms with van der Waals surface area (Å²) in [5.74, 6) is 0.306. The van der Waals surface area contributed by atoms with E-state index in [0.29, 0.717) is 18.0 Å². The zero-order chi connectivity index (χ0) is 13.9. The van der Waals surface area contributed by atoms with Crippen LogP contribution in [-0.2, 0) is 11.2 Å². The third-order valence-corrected chi connectivity index (χ3v) is 4.35. The number of carbonyl (C=O) groups excluding carboxylic acids is 1. The average molecular weight is 273 g/mol. The first kappa shape index (κ1) is 13.6. The number of fused-ring (bicyclic) bond motifs is 1. The molecule has 2 unspecified atom stereocenters. The van der Waals surface area contributed by atoms with E-state index >= 15 is 0 Å². The van der Waals surface area contributed by atoms with Gasteiger partial charge in [-0.05, 0) is 44.2 Å². The van der Waals surface area contributed by atoms with Gasteiger partial charge in [0.2, 0.25) is 5.91 Å². The molecule has 1 amide bonds. The molecule has 1 aliphatic carbocycles. The van der Waals surface area contributed by atoms with Gasteiger partial charge in [0.1, 0.15) is 0 Å². The van der Waals surface area contributed by atoms with Crippen molar-refractivity contribution in [3.05, 3.63) is 29.6 Å². The van der Waals surface area contributed by atoms with Crippen molar-refractivity contribution in [2.75, 3.05) is 13.1 Å². The Morgan fingerprint density at radius 1 is 1.45 bits per heavy atom. The minimum Gasteiger partial charge on any atom is -0.341 e. The number of nitrogens with one attached hydrogen (secondary N) is 1. The van der Waals surface area contributed by atoms with E-state index in [2.05, 4.69) is 23.3 Å². The van der Waals surface area contributed by atoms with Gasteiger partial charge >= 0.3 is 0 Å². The summed E-state index contributed by atoms with van der Waals surface area (Å²) in [5, 5.41) is 3.67. The zero-order valence-electron chi connectivity index (χ0n) is 12.1. The third-order valence-electron chi connectivity index (χ3n) is 4.35. The number of pyridine rings is 1. The van der Waals surface area contributed by atoms with E-state index in [1.165, 1.54) is 17.7 Å². The molecule has 0 aromatic carbocycles. The Labute approximate surface area is 120 Å². The van der Waals surface area contributed by atoms with E-state index in [1.54, 1.807) is 0 Å². The molecule has 1 N–H and O–H groups in total. The Kier molecular flexibility index (Phi) is 4.01. The topological polar surface area (TPSA) is 45.2 Å². The van der Waals surface area contributed by atoms with Crippen molar-refractivity contribution in [2.24, 2.45) is 0 Å². The van der Waals surface area contributed by atoms with Gasteiger partial charge < -0.3 is 10.2 Å². The summed E-state index contributed by atoms with van der Waals surface area (Å²) < 4.78 is 0. The van der Waals surface area contributed by atoms with Gasteiger partial charge in [0.15, 0.2) is 0 Å². The van der Waals surface area contributed by atoms with Crippen molar-refractivity contribution in [1.82, 2.24) is 15.2 Å². The van der Waals surface area contributed by atoms with Crippen LogP contribution in [0.2, 0.25) is 0 Å². The summed E-state index contributed by atoms with van der Waals surface area (Å²) in [6.45, 7) is 3.91. The number of carbonyl (C=O) groups is 1. The van der Waals surface area contributed by atoms with Crippen molar-refractivity contribution in [3.63, 3.8) is 0 Å². The predicted octanol–water partition coefficient (Wildman–Crippen LogP) is 2.06. The van der Waals surface area contributed by atoms with Gasteiger partial charge in [-0.15, -0.1) is 0 Å². The second-order valence-corrected chi connectivity index (χ2v) is 6.00. The third kappa shape index (κ3) is 2.85. The molecule has 1 saturated heterocycles. The van der Waals surface area contributed by atoms with Crippen LogP contribution in [0.3, 0.4) is 0 Å². The van der Waals surface area contributed by atoms with E-state index in [1.807, 2.05) is 17.2 Å². The number of amides is 1. The number of hydrogen-bond donors (Lipinski definition) is 1. The van der Waals surface area contributed by atoms with Crippen LogP contribution in [0, 0.1) is 0 Å². The largest absolute Gasteiger partial charge is 0.341 e. The first-order chi connectivity index (χ1) is 9.74. The molecule has 0 radical (unpaired) electrons. The Bertz CT molecular complexity index is 488. The highest BCUT2D eigenvalue weighted by molar-refractivity contribution is 5.78. The molecule has 108 valence electrons. The fraction of sp³-hybridized carbons (Fsp3) is 0.625. The van der Waals surface area contributed by atoms with Gasteiger partial charge in [-0.3, -0.25) is 9.78 Å². The van der Waals surface area contributed by atoms with Crippen molar-refractivity contribution in [2.45, 2.75) is 51.1 Å².